The van der Waals surface area contributed by atoms with Crippen LogP contribution in [0.25, 0.3) is 0 Å². The first-order chi connectivity index (χ1) is 7.31. The van der Waals surface area contributed by atoms with E-state index in [9.17, 15) is 0 Å². The minimum atomic E-state index is 0.227. The third kappa shape index (κ3) is 2.40. The van der Waals surface area contributed by atoms with E-state index in [0.29, 0.717) is 0 Å². The lowest BCUT2D eigenvalue weighted by molar-refractivity contribution is 0.419. The summed E-state index contributed by atoms with van der Waals surface area (Å²) in [5, 5.41) is 0. The summed E-state index contributed by atoms with van der Waals surface area (Å²) in [4.78, 5) is 0. The van der Waals surface area contributed by atoms with E-state index >= 15 is 0 Å². The highest BCUT2D eigenvalue weighted by molar-refractivity contribution is 5.28. The fourth-order valence-corrected chi connectivity index (χ4v) is 2.23. The molecule has 0 aliphatic heterocycles. The van der Waals surface area contributed by atoms with Gasteiger partial charge in [0.1, 0.15) is 0 Å². The predicted octanol–water partition coefficient (Wildman–Crippen LogP) is 3.75. The Hall–Kier alpha value is -0.820. The molecule has 2 N–H and O–H groups in total. The summed E-state index contributed by atoms with van der Waals surface area (Å²) < 4.78 is 0. The van der Waals surface area contributed by atoms with Gasteiger partial charge in [0.05, 0.1) is 0 Å². The molecule has 1 atom stereocenters. The van der Waals surface area contributed by atoms with Gasteiger partial charge in [0.25, 0.3) is 0 Å². The van der Waals surface area contributed by atoms with Gasteiger partial charge < -0.3 is 5.73 Å². The summed E-state index contributed by atoms with van der Waals surface area (Å²) in [6.07, 6.45) is 6.40. The van der Waals surface area contributed by atoms with Crippen molar-refractivity contribution >= 4 is 0 Å². The molecule has 1 unspecified atom stereocenters. The van der Waals surface area contributed by atoms with Crippen molar-refractivity contribution in [2.24, 2.45) is 5.73 Å². The molecule has 1 saturated carbocycles. The van der Waals surface area contributed by atoms with Crippen molar-refractivity contribution in [2.45, 2.75) is 51.0 Å². The van der Waals surface area contributed by atoms with Crippen LogP contribution in [0.1, 0.15) is 62.1 Å². The predicted molar refractivity (Wildman–Crippen MR) is 64.9 cm³/mol. The van der Waals surface area contributed by atoms with E-state index in [2.05, 4.69) is 31.2 Å². The molecule has 0 bridgehead atoms. The lowest BCUT2D eigenvalue weighted by Crippen LogP contribution is -2.11. The minimum Gasteiger partial charge on any atom is -0.324 e. The van der Waals surface area contributed by atoms with E-state index < -0.39 is 0 Å². The van der Waals surface area contributed by atoms with E-state index in [1.807, 2.05) is 0 Å². The first-order valence-corrected chi connectivity index (χ1v) is 6.16. The number of nitrogens with two attached hydrogens (primary N) is 1. The zero-order chi connectivity index (χ0) is 10.7. The van der Waals surface area contributed by atoms with Gasteiger partial charge in [-0.1, -0.05) is 44.0 Å². The largest absolute Gasteiger partial charge is 0.324 e. The second-order valence-corrected chi connectivity index (χ2v) is 4.69. The summed E-state index contributed by atoms with van der Waals surface area (Å²) >= 11 is 0. The zero-order valence-corrected chi connectivity index (χ0v) is 9.58. The van der Waals surface area contributed by atoms with Crippen molar-refractivity contribution in [1.82, 2.24) is 0 Å². The average molecular weight is 203 g/mol. The second kappa shape index (κ2) is 4.80. The Bertz CT molecular complexity index is 298. The zero-order valence-electron chi connectivity index (χ0n) is 9.58. The maximum atomic E-state index is 6.08. The van der Waals surface area contributed by atoms with Crippen molar-refractivity contribution in [1.29, 1.82) is 0 Å². The van der Waals surface area contributed by atoms with Crippen LogP contribution in [0.2, 0.25) is 0 Å². The monoisotopic (exact) mass is 203 g/mol. The fourth-order valence-electron chi connectivity index (χ4n) is 2.23. The molecule has 15 heavy (non-hydrogen) atoms. The van der Waals surface area contributed by atoms with Crippen molar-refractivity contribution in [3.63, 3.8) is 0 Å². The lowest BCUT2D eigenvalue weighted by Gasteiger charge is -2.26. The van der Waals surface area contributed by atoms with Crippen LogP contribution in [0.5, 0.6) is 0 Å². The summed E-state index contributed by atoms with van der Waals surface area (Å²) in [5.74, 6) is 0.835. The Morgan fingerprint density at radius 3 is 2.40 bits per heavy atom. The molecule has 1 heteroatoms. The van der Waals surface area contributed by atoms with Gasteiger partial charge in [0.15, 0.2) is 0 Å². The van der Waals surface area contributed by atoms with Crippen molar-refractivity contribution in [3.8, 4) is 0 Å². The van der Waals surface area contributed by atoms with E-state index in [4.69, 9.17) is 5.73 Å². The number of benzene rings is 1. The maximum Gasteiger partial charge on any atom is 0.0294 e. The second-order valence-electron chi connectivity index (χ2n) is 4.69. The molecule has 1 aromatic carbocycles. The third-order valence-corrected chi connectivity index (χ3v) is 3.54. The van der Waals surface area contributed by atoms with Crippen molar-refractivity contribution in [3.05, 3.63) is 35.4 Å². The smallest absolute Gasteiger partial charge is 0.0294 e. The average Bonchev–Trinajstić information content (AvgIpc) is 2.16. The van der Waals surface area contributed by atoms with Crippen LogP contribution in [0.4, 0.5) is 0 Å². The van der Waals surface area contributed by atoms with Gasteiger partial charge in [-0.2, -0.15) is 0 Å². The third-order valence-electron chi connectivity index (χ3n) is 3.54. The molecule has 0 saturated heterocycles. The Kier molecular flexibility index (Phi) is 3.42. The van der Waals surface area contributed by atoms with Crippen LogP contribution in [-0.4, -0.2) is 0 Å². The Morgan fingerprint density at radius 2 is 1.93 bits per heavy atom. The van der Waals surface area contributed by atoms with E-state index in [1.165, 1.54) is 30.4 Å². The molecular weight excluding hydrogens is 182 g/mol. The normalized spacial score (nSPS) is 18.5. The lowest BCUT2D eigenvalue weighted by atomic mass is 9.80. The van der Waals surface area contributed by atoms with Gasteiger partial charge in [-0.3, -0.25) is 0 Å². The van der Waals surface area contributed by atoms with E-state index in [0.717, 1.165) is 18.8 Å². The molecule has 0 amide bonds. The quantitative estimate of drug-likeness (QED) is 0.792. The molecular formula is C14H21N. The molecule has 1 aliphatic rings. The molecule has 0 aromatic heterocycles. The molecule has 1 fully saturated rings. The van der Waals surface area contributed by atoms with E-state index in [1.54, 1.807) is 0 Å². The van der Waals surface area contributed by atoms with Gasteiger partial charge in [-0.05, 0) is 36.3 Å². The number of hydrogen-bond donors (Lipinski definition) is 1. The van der Waals surface area contributed by atoms with Gasteiger partial charge in [0.2, 0.25) is 0 Å². The van der Waals surface area contributed by atoms with Crippen LogP contribution in [0.15, 0.2) is 24.3 Å². The summed E-state index contributed by atoms with van der Waals surface area (Å²) in [6.45, 7) is 2.18. The van der Waals surface area contributed by atoms with Gasteiger partial charge >= 0.3 is 0 Å². The summed E-state index contributed by atoms with van der Waals surface area (Å²) in [6, 6.07) is 9.20. The number of hydrogen-bond acceptors (Lipinski definition) is 1. The van der Waals surface area contributed by atoms with E-state index in [-0.39, 0.29) is 6.04 Å². The van der Waals surface area contributed by atoms with Crippen LogP contribution >= 0.6 is 0 Å². The maximum absolute atomic E-state index is 6.08. The van der Waals surface area contributed by atoms with Crippen LogP contribution < -0.4 is 5.73 Å². The highest BCUT2D eigenvalue weighted by Gasteiger charge is 2.19. The Morgan fingerprint density at radius 1 is 1.27 bits per heavy atom. The molecule has 82 valence electrons. The first kappa shape index (κ1) is 10.7. The molecule has 0 heterocycles. The molecule has 1 aromatic rings. The molecule has 0 spiro atoms. The first-order valence-electron chi connectivity index (χ1n) is 6.16. The van der Waals surface area contributed by atoms with Crippen molar-refractivity contribution in [2.75, 3.05) is 0 Å². The molecule has 2 rings (SSSR count). The highest BCUT2D eigenvalue weighted by atomic mass is 14.6. The Balaban J connectivity index is 2.02. The fraction of sp³-hybridized carbons (Fsp3) is 0.571. The SMILES string of the molecule is CCCC(N)c1ccc(C2CCC2)cc1. The Labute approximate surface area is 92.7 Å². The van der Waals surface area contributed by atoms with Crippen LogP contribution in [0, 0.1) is 0 Å². The highest BCUT2D eigenvalue weighted by Crippen LogP contribution is 2.36. The van der Waals surface area contributed by atoms with Gasteiger partial charge in [0, 0.05) is 6.04 Å². The van der Waals surface area contributed by atoms with Gasteiger partial charge in [-0.25, -0.2) is 0 Å². The number of rotatable bonds is 4. The summed E-state index contributed by atoms with van der Waals surface area (Å²) in [5.41, 5.74) is 8.88. The van der Waals surface area contributed by atoms with Crippen molar-refractivity contribution < 1.29 is 0 Å². The molecule has 1 nitrogen and oxygen atoms in total. The van der Waals surface area contributed by atoms with Crippen LogP contribution in [0.3, 0.4) is 0 Å². The van der Waals surface area contributed by atoms with Crippen LogP contribution in [-0.2, 0) is 0 Å². The minimum absolute atomic E-state index is 0.227. The van der Waals surface area contributed by atoms with Gasteiger partial charge in [-0.15, -0.1) is 0 Å². The summed E-state index contributed by atoms with van der Waals surface area (Å²) in [7, 11) is 0. The topological polar surface area (TPSA) is 26.0 Å². The molecule has 0 radical (unpaired) electrons. The molecule has 1 aliphatic carbocycles. The standard InChI is InChI=1S/C14H21N/c1-2-4-14(15)13-9-7-12(8-10-13)11-5-3-6-11/h7-11,14H,2-6,15H2,1H3.